The van der Waals surface area contributed by atoms with E-state index in [4.69, 9.17) is 0 Å². The van der Waals surface area contributed by atoms with Crippen LogP contribution in [0.5, 0.6) is 0 Å². The number of benzene rings is 1. The third-order valence-corrected chi connectivity index (χ3v) is 2.37. The highest BCUT2D eigenvalue weighted by molar-refractivity contribution is 5.55. The first-order valence-corrected chi connectivity index (χ1v) is 4.89. The second-order valence-electron chi connectivity index (χ2n) is 3.40. The molecule has 0 bridgehead atoms. The van der Waals surface area contributed by atoms with E-state index in [1.807, 2.05) is 12.4 Å². The molecule has 0 aliphatic carbocycles. The van der Waals surface area contributed by atoms with Gasteiger partial charge in [0, 0.05) is 24.5 Å². The highest BCUT2D eigenvalue weighted by atomic mass is 15.0. The van der Waals surface area contributed by atoms with Gasteiger partial charge in [-0.3, -0.25) is 0 Å². The van der Waals surface area contributed by atoms with Gasteiger partial charge in [0.25, 0.3) is 0 Å². The fraction of sp³-hybridized carbons (Fsp3) is 0.250. The number of imidazole rings is 1. The van der Waals surface area contributed by atoms with Crippen LogP contribution in [0.25, 0.3) is 11.4 Å². The topological polar surface area (TPSA) is 17.8 Å². The first kappa shape index (κ1) is 9.00. The Balaban J connectivity index is 2.44. The maximum absolute atomic E-state index is 4.35. The molecule has 0 spiro atoms. The fourth-order valence-corrected chi connectivity index (χ4v) is 1.53. The van der Waals surface area contributed by atoms with Gasteiger partial charge in [-0.1, -0.05) is 29.8 Å². The van der Waals surface area contributed by atoms with E-state index in [2.05, 4.69) is 47.7 Å². The molecule has 2 rings (SSSR count). The molecule has 0 atom stereocenters. The van der Waals surface area contributed by atoms with Gasteiger partial charge in [-0.15, -0.1) is 0 Å². The Morgan fingerprint density at radius 2 is 1.93 bits per heavy atom. The van der Waals surface area contributed by atoms with Crippen molar-refractivity contribution in [2.45, 2.75) is 20.4 Å². The molecule has 0 N–H and O–H groups in total. The summed E-state index contributed by atoms with van der Waals surface area (Å²) in [5.41, 5.74) is 2.46. The van der Waals surface area contributed by atoms with E-state index >= 15 is 0 Å². The van der Waals surface area contributed by atoms with Crippen LogP contribution in [0.2, 0.25) is 0 Å². The molecule has 72 valence electrons. The third-order valence-electron chi connectivity index (χ3n) is 2.37. The minimum atomic E-state index is 0.962. The maximum Gasteiger partial charge on any atom is 0.139 e. The monoisotopic (exact) mass is 186 g/mol. The van der Waals surface area contributed by atoms with Gasteiger partial charge in [-0.25, -0.2) is 4.98 Å². The second-order valence-corrected chi connectivity index (χ2v) is 3.40. The van der Waals surface area contributed by atoms with Crippen LogP contribution in [0.4, 0.5) is 0 Å². The van der Waals surface area contributed by atoms with Crippen molar-refractivity contribution in [2.24, 2.45) is 0 Å². The lowest BCUT2D eigenvalue weighted by Gasteiger charge is -2.04. The smallest absolute Gasteiger partial charge is 0.139 e. The van der Waals surface area contributed by atoms with Crippen molar-refractivity contribution in [3.05, 3.63) is 42.2 Å². The molecule has 0 aliphatic rings. The minimum Gasteiger partial charge on any atom is -0.331 e. The van der Waals surface area contributed by atoms with Crippen LogP contribution in [0.3, 0.4) is 0 Å². The van der Waals surface area contributed by atoms with Crippen LogP contribution in [-0.2, 0) is 6.54 Å². The van der Waals surface area contributed by atoms with E-state index < -0.39 is 0 Å². The molecule has 14 heavy (non-hydrogen) atoms. The Labute approximate surface area is 84.2 Å². The number of rotatable bonds is 2. The van der Waals surface area contributed by atoms with Crippen molar-refractivity contribution in [1.82, 2.24) is 9.55 Å². The molecule has 2 nitrogen and oxygen atoms in total. The second kappa shape index (κ2) is 3.66. The zero-order chi connectivity index (χ0) is 9.97. The van der Waals surface area contributed by atoms with E-state index in [-0.39, 0.29) is 0 Å². The predicted molar refractivity (Wildman–Crippen MR) is 58.1 cm³/mol. The van der Waals surface area contributed by atoms with Crippen molar-refractivity contribution in [3.8, 4) is 11.4 Å². The Morgan fingerprint density at radius 1 is 1.21 bits per heavy atom. The predicted octanol–water partition coefficient (Wildman–Crippen LogP) is 2.88. The molecule has 0 aliphatic heterocycles. The molecular formula is C12H14N2. The van der Waals surface area contributed by atoms with Gasteiger partial charge >= 0.3 is 0 Å². The summed E-state index contributed by atoms with van der Waals surface area (Å²) in [5, 5.41) is 0. The van der Waals surface area contributed by atoms with Gasteiger partial charge in [0.15, 0.2) is 0 Å². The number of aromatic nitrogens is 2. The standard InChI is InChI=1S/C12H14N2/c1-3-14-9-8-13-12(14)11-6-4-10(2)5-7-11/h4-9H,3H2,1-2H3. The Kier molecular flexibility index (Phi) is 2.35. The quantitative estimate of drug-likeness (QED) is 0.705. The highest BCUT2D eigenvalue weighted by Gasteiger charge is 2.02. The summed E-state index contributed by atoms with van der Waals surface area (Å²) in [6, 6.07) is 8.46. The van der Waals surface area contributed by atoms with Gasteiger partial charge in [0.2, 0.25) is 0 Å². The summed E-state index contributed by atoms with van der Waals surface area (Å²) >= 11 is 0. The van der Waals surface area contributed by atoms with Gasteiger partial charge < -0.3 is 4.57 Å². The van der Waals surface area contributed by atoms with Gasteiger partial charge in [-0.05, 0) is 13.8 Å². The molecule has 0 radical (unpaired) electrons. The molecule has 0 saturated carbocycles. The van der Waals surface area contributed by atoms with E-state index in [9.17, 15) is 0 Å². The molecule has 1 aromatic heterocycles. The van der Waals surface area contributed by atoms with Crippen LogP contribution in [0.15, 0.2) is 36.7 Å². The molecule has 0 unspecified atom stereocenters. The molecule has 2 aromatic rings. The van der Waals surface area contributed by atoms with Gasteiger partial charge in [0.1, 0.15) is 5.82 Å². The van der Waals surface area contributed by atoms with Crippen LogP contribution in [0, 0.1) is 6.92 Å². The average Bonchev–Trinajstić information content (AvgIpc) is 2.67. The molecule has 2 heteroatoms. The van der Waals surface area contributed by atoms with Crippen molar-refractivity contribution >= 4 is 0 Å². The van der Waals surface area contributed by atoms with Crippen LogP contribution in [0.1, 0.15) is 12.5 Å². The van der Waals surface area contributed by atoms with Gasteiger partial charge in [0.05, 0.1) is 0 Å². The van der Waals surface area contributed by atoms with Crippen molar-refractivity contribution < 1.29 is 0 Å². The minimum absolute atomic E-state index is 0.962. The normalized spacial score (nSPS) is 10.4. The van der Waals surface area contributed by atoms with E-state index in [1.165, 1.54) is 11.1 Å². The molecule has 1 aromatic carbocycles. The Morgan fingerprint density at radius 3 is 2.57 bits per heavy atom. The number of nitrogens with zero attached hydrogens (tertiary/aromatic N) is 2. The molecule has 0 fully saturated rings. The first-order valence-electron chi connectivity index (χ1n) is 4.89. The highest BCUT2D eigenvalue weighted by Crippen LogP contribution is 2.17. The van der Waals surface area contributed by atoms with Crippen LogP contribution >= 0.6 is 0 Å². The Hall–Kier alpha value is -1.57. The number of aryl methyl sites for hydroxylation is 2. The van der Waals surface area contributed by atoms with E-state index in [0.717, 1.165) is 12.4 Å². The van der Waals surface area contributed by atoms with Crippen LogP contribution < -0.4 is 0 Å². The number of hydrogen-bond acceptors (Lipinski definition) is 1. The van der Waals surface area contributed by atoms with E-state index in [1.54, 1.807) is 0 Å². The van der Waals surface area contributed by atoms with E-state index in [0.29, 0.717) is 0 Å². The first-order chi connectivity index (χ1) is 6.81. The van der Waals surface area contributed by atoms with Gasteiger partial charge in [-0.2, -0.15) is 0 Å². The lowest BCUT2D eigenvalue weighted by molar-refractivity contribution is 0.771. The molecule has 0 amide bonds. The third kappa shape index (κ3) is 1.55. The largest absolute Gasteiger partial charge is 0.331 e. The SMILES string of the molecule is CCn1ccnc1-c1ccc(C)cc1. The summed E-state index contributed by atoms with van der Waals surface area (Å²) in [4.78, 5) is 4.35. The molecular weight excluding hydrogens is 172 g/mol. The lowest BCUT2D eigenvalue weighted by atomic mass is 10.1. The van der Waals surface area contributed by atoms with Crippen molar-refractivity contribution in [3.63, 3.8) is 0 Å². The zero-order valence-electron chi connectivity index (χ0n) is 8.57. The lowest BCUT2D eigenvalue weighted by Crippen LogP contribution is -1.95. The van der Waals surface area contributed by atoms with Crippen molar-refractivity contribution in [2.75, 3.05) is 0 Å². The molecule has 1 heterocycles. The number of hydrogen-bond donors (Lipinski definition) is 0. The van der Waals surface area contributed by atoms with Crippen LogP contribution in [-0.4, -0.2) is 9.55 Å². The van der Waals surface area contributed by atoms with Crippen molar-refractivity contribution in [1.29, 1.82) is 0 Å². The summed E-state index contributed by atoms with van der Waals surface area (Å²) in [7, 11) is 0. The molecule has 0 saturated heterocycles. The summed E-state index contributed by atoms with van der Waals surface area (Å²) in [6.07, 6.45) is 3.86. The summed E-state index contributed by atoms with van der Waals surface area (Å²) in [5.74, 6) is 1.05. The fourth-order valence-electron chi connectivity index (χ4n) is 1.53. The average molecular weight is 186 g/mol. The summed E-state index contributed by atoms with van der Waals surface area (Å²) in [6.45, 7) is 5.18. The zero-order valence-corrected chi connectivity index (χ0v) is 8.57. The Bertz CT molecular complexity index is 412. The maximum atomic E-state index is 4.35. The summed E-state index contributed by atoms with van der Waals surface area (Å²) < 4.78 is 2.14.